The summed E-state index contributed by atoms with van der Waals surface area (Å²) < 4.78 is 7.36. The molecule has 2 aliphatic rings. The number of rotatable bonds is 6. The summed E-state index contributed by atoms with van der Waals surface area (Å²) in [6.45, 7) is 1.44. The van der Waals surface area contributed by atoms with Gasteiger partial charge in [0, 0.05) is 13.0 Å². The van der Waals surface area contributed by atoms with Gasteiger partial charge in [0.25, 0.3) is 0 Å². The van der Waals surface area contributed by atoms with Crippen molar-refractivity contribution >= 4 is 22.4 Å². The lowest BCUT2D eigenvalue weighted by atomic mass is 9.71. The van der Waals surface area contributed by atoms with Crippen LogP contribution in [0.2, 0.25) is 0 Å². The van der Waals surface area contributed by atoms with E-state index in [2.05, 4.69) is 31.0 Å². The van der Waals surface area contributed by atoms with E-state index in [1.807, 2.05) is 0 Å². The third-order valence-electron chi connectivity index (χ3n) is 5.23. The van der Waals surface area contributed by atoms with Gasteiger partial charge in [0.15, 0.2) is 0 Å². The highest BCUT2D eigenvalue weighted by Gasteiger charge is 2.35. The standard InChI is InChI=1S/C16H23N7O2S/c24-13(18-15-20-19-14(26-15)12-5-4-8-25-12)9-16(6-2-1-3-7-16)10-23-11-17-21-22-23/h11-12H,1-10H2,(H,18,20,24)/t12-/m1/s1. The fourth-order valence-corrected chi connectivity index (χ4v) is 4.82. The Bertz CT molecular complexity index is 721. The van der Waals surface area contributed by atoms with E-state index in [0.29, 0.717) is 18.1 Å². The monoisotopic (exact) mass is 377 g/mol. The van der Waals surface area contributed by atoms with E-state index in [9.17, 15) is 4.79 Å². The van der Waals surface area contributed by atoms with Crippen LogP contribution >= 0.6 is 11.3 Å². The number of carbonyl (C=O) groups excluding carboxylic acids is 1. The number of hydrogen-bond donors (Lipinski definition) is 1. The molecule has 1 saturated carbocycles. The van der Waals surface area contributed by atoms with Gasteiger partial charge in [-0.1, -0.05) is 30.6 Å². The Morgan fingerprint density at radius 1 is 1.31 bits per heavy atom. The number of nitrogens with one attached hydrogen (secondary N) is 1. The second-order valence-electron chi connectivity index (χ2n) is 7.24. The van der Waals surface area contributed by atoms with Gasteiger partial charge in [0.05, 0.1) is 6.54 Å². The minimum Gasteiger partial charge on any atom is -0.371 e. The van der Waals surface area contributed by atoms with Crippen LogP contribution < -0.4 is 5.32 Å². The van der Waals surface area contributed by atoms with Gasteiger partial charge in [-0.05, 0) is 41.5 Å². The molecule has 26 heavy (non-hydrogen) atoms. The summed E-state index contributed by atoms with van der Waals surface area (Å²) >= 11 is 1.41. The smallest absolute Gasteiger partial charge is 0.226 e. The molecule has 2 fully saturated rings. The Morgan fingerprint density at radius 2 is 2.19 bits per heavy atom. The van der Waals surface area contributed by atoms with E-state index < -0.39 is 0 Å². The van der Waals surface area contributed by atoms with Crippen LogP contribution in [-0.4, -0.2) is 42.9 Å². The second-order valence-corrected chi connectivity index (χ2v) is 8.25. The number of amides is 1. The highest BCUT2D eigenvalue weighted by atomic mass is 32.1. The normalized spacial score (nSPS) is 22.4. The van der Waals surface area contributed by atoms with Gasteiger partial charge in [0.1, 0.15) is 17.4 Å². The molecule has 0 unspecified atom stereocenters. The minimum atomic E-state index is -0.0974. The molecule has 1 atom stereocenters. The highest BCUT2D eigenvalue weighted by Crippen LogP contribution is 2.41. The summed E-state index contributed by atoms with van der Waals surface area (Å²) in [5.74, 6) is -0.0185. The van der Waals surface area contributed by atoms with Crippen LogP contribution in [0.1, 0.15) is 62.5 Å². The Hall–Kier alpha value is -1.94. The van der Waals surface area contributed by atoms with Crippen molar-refractivity contribution in [1.82, 2.24) is 30.4 Å². The third kappa shape index (κ3) is 4.07. The number of carbonyl (C=O) groups is 1. The van der Waals surface area contributed by atoms with Crippen molar-refractivity contribution in [3.05, 3.63) is 11.3 Å². The van der Waals surface area contributed by atoms with Crippen LogP contribution in [0.5, 0.6) is 0 Å². The molecule has 1 amide bonds. The van der Waals surface area contributed by atoms with E-state index in [-0.39, 0.29) is 17.4 Å². The molecule has 140 valence electrons. The van der Waals surface area contributed by atoms with Gasteiger partial charge < -0.3 is 10.1 Å². The van der Waals surface area contributed by atoms with Crippen LogP contribution in [0.4, 0.5) is 5.13 Å². The largest absolute Gasteiger partial charge is 0.371 e. The maximum Gasteiger partial charge on any atom is 0.226 e. The summed E-state index contributed by atoms with van der Waals surface area (Å²) in [6.07, 6.45) is 9.63. The first-order valence-electron chi connectivity index (χ1n) is 9.18. The molecule has 0 radical (unpaired) electrons. The van der Waals surface area contributed by atoms with E-state index in [1.54, 1.807) is 11.0 Å². The van der Waals surface area contributed by atoms with Crippen molar-refractivity contribution in [2.45, 2.75) is 64.0 Å². The molecule has 3 heterocycles. The molecule has 2 aromatic rings. The molecular formula is C16H23N7O2S. The van der Waals surface area contributed by atoms with E-state index in [4.69, 9.17) is 4.74 Å². The summed E-state index contributed by atoms with van der Waals surface area (Å²) in [7, 11) is 0. The van der Waals surface area contributed by atoms with E-state index >= 15 is 0 Å². The number of nitrogens with zero attached hydrogens (tertiary/aromatic N) is 6. The highest BCUT2D eigenvalue weighted by molar-refractivity contribution is 7.15. The minimum absolute atomic E-state index is 0.0185. The van der Waals surface area contributed by atoms with Gasteiger partial charge in [-0.3, -0.25) is 4.79 Å². The second kappa shape index (κ2) is 7.75. The molecule has 0 spiro atoms. The first-order valence-corrected chi connectivity index (χ1v) is 10.00. The molecule has 1 N–H and O–H groups in total. The van der Waals surface area contributed by atoms with Gasteiger partial charge in [-0.2, -0.15) is 0 Å². The summed E-state index contributed by atoms with van der Waals surface area (Å²) in [5, 5.41) is 24.0. The lowest BCUT2D eigenvalue weighted by Crippen LogP contribution is -2.34. The van der Waals surface area contributed by atoms with Crippen molar-refractivity contribution in [3.63, 3.8) is 0 Å². The zero-order valence-electron chi connectivity index (χ0n) is 14.6. The number of hydrogen-bond acceptors (Lipinski definition) is 8. The van der Waals surface area contributed by atoms with Gasteiger partial charge in [-0.15, -0.1) is 15.3 Å². The summed E-state index contributed by atoms with van der Waals surface area (Å²) in [4.78, 5) is 12.7. The quantitative estimate of drug-likeness (QED) is 0.823. The Balaban J connectivity index is 1.40. The summed E-state index contributed by atoms with van der Waals surface area (Å²) in [6, 6.07) is 0. The van der Waals surface area contributed by atoms with Crippen molar-refractivity contribution < 1.29 is 9.53 Å². The first-order chi connectivity index (χ1) is 12.7. The van der Waals surface area contributed by atoms with Crippen molar-refractivity contribution in [2.75, 3.05) is 11.9 Å². The number of ether oxygens (including phenoxy) is 1. The molecule has 0 bridgehead atoms. The van der Waals surface area contributed by atoms with Gasteiger partial charge in [-0.25, -0.2) is 4.68 Å². The maximum absolute atomic E-state index is 12.7. The third-order valence-corrected chi connectivity index (χ3v) is 6.16. The SMILES string of the molecule is O=C(CC1(Cn2cnnn2)CCCCC1)Nc1nnc([C@H]2CCCO2)s1. The van der Waals surface area contributed by atoms with Crippen molar-refractivity contribution in [2.24, 2.45) is 5.41 Å². The molecular weight excluding hydrogens is 354 g/mol. The van der Waals surface area contributed by atoms with Crippen LogP contribution in [0.3, 0.4) is 0 Å². The predicted octanol–water partition coefficient (Wildman–Crippen LogP) is 2.36. The van der Waals surface area contributed by atoms with Crippen LogP contribution in [0.25, 0.3) is 0 Å². The molecule has 9 nitrogen and oxygen atoms in total. The number of aromatic nitrogens is 6. The van der Waals surface area contributed by atoms with Crippen LogP contribution in [0, 0.1) is 5.41 Å². The molecule has 0 aromatic carbocycles. The molecule has 1 aliphatic carbocycles. The lowest BCUT2D eigenvalue weighted by molar-refractivity contribution is -0.119. The number of anilines is 1. The molecule has 4 rings (SSSR count). The fourth-order valence-electron chi connectivity index (χ4n) is 3.98. The Kier molecular flexibility index (Phi) is 5.21. The topological polar surface area (TPSA) is 108 Å². The zero-order valence-corrected chi connectivity index (χ0v) is 15.5. The van der Waals surface area contributed by atoms with Crippen molar-refractivity contribution in [1.29, 1.82) is 0 Å². The lowest BCUT2D eigenvalue weighted by Gasteiger charge is -2.36. The van der Waals surface area contributed by atoms with E-state index in [1.165, 1.54) is 17.8 Å². The molecule has 10 heteroatoms. The van der Waals surface area contributed by atoms with E-state index in [0.717, 1.165) is 50.1 Å². The average molecular weight is 377 g/mol. The predicted molar refractivity (Wildman–Crippen MR) is 94.4 cm³/mol. The van der Waals surface area contributed by atoms with Gasteiger partial charge in [0.2, 0.25) is 11.0 Å². The first kappa shape index (κ1) is 17.5. The Morgan fingerprint density at radius 3 is 2.92 bits per heavy atom. The Labute approximate surface area is 155 Å². The van der Waals surface area contributed by atoms with Crippen LogP contribution in [-0.2, 0) is 16.1 Å². The molecule has 2 aromatic heterocycles. The number of tetrazole rings is 1. The van der Waals surface area contributed by atoms with Gasteiger partial charge >= 0.3 is 0 Å². The average Bonchev–Trinajstić information content (AvgIpc) is 3.37. The fraction of sp³-hybridized carbons (Fsp3) is 0.750. The molecule has 1 aliphatic heterocycles. The van der Waals surface area contributed by atoms with Crippen LogP contribution in [0.15, 0.2) is 6.33 Å². The maximum atomic E-state index is 12.7. The van der Waals surface area contributed by atoms with Crippen molar-refractivity contribution in [3.8, 4) is 0 Å². The summed E-state index contributed by atoms with van der Waals surface area (Å²) in [5.41, 5.74) is -0.0974. The molecule has 1 saturated heterocycles. The zero-order chi connectivity index (χ0) is 17.8.